The summed E-state index contributed by atoms with van der Waals surface area (Å²) >= 11 is 0. The lowest BCUT2D eigenvalue weighted by atomic mass is 9.85. The van der Waals surface area contributed by atoms with E-state index in [1.165, 1.54) is 38.5 Å². The molecule has 8 rings (SSSR count). The monoisotopic (exact) mass is 623 g/mol. The molecule has 8 aromatic rings. The molecule has 0 unspecified atom stereocenters. The minimum absolute atomic E-state index is 0.0739. The molecule has 3 nitrogen and oxygen atoms in total. The molecular formula is C45H41N3. The van der Waals surface area contributed by atoms with Gasteiger partial charge >= 0.3 is 0 Å². The van der Waals surface area contributed by atoms with Gasteiger partial charge in [-0.1, -0.05) is 126 Å². The number of hydrogen-bond acceptors (Lipinski definition) is 1. The Bertz CT molecular complexity index is 2360. The third-order valence-electron chi connectivity index (χ3n) is 9.67. The molecule has 0 fully saturated rings. The van der Waals surface area contributed by atoms with Crippen LogP contribution in [0.25, 0.3) is 66.8 Å². The van der Waals surface area contributed by atoms with Crippen LogP contribution in [0.1, 0.15) is 52.7 Å². The van der Waals surface area contributed by atoms with Crippen LogP contribution < -0.4 is 0 Å². The number of hydrogen-bond donors (Lipinski definition) is 0. The molecule has 3 heteroatoms. The summed E-state index contributed by atoms with van der Waals surface area (Å²) in [5.41, 5.74) is 14.1. The van der Waals surface area contributed by atoms with Gasteiger partial charge in [-0.15, -0.1) is 0 Å². The lowest BCUT2D eigenvalue weighted by Crippen LogP contribution is -2.10. The fourth-order valence-electron chi connectivity index (χ4n) is 6.92. The van der Waals surface area contributed by atoms with E-state index in [1.807, 2.05) is 0 Å². The normalized spacial score (nSPS) is 12.4. The van der Waals surface area contributed by atoms with Gasteiger partial charge in [-0.05, 0) is 81.6 Å². The van der Waals surface area contributed by atoms with Gasteiger partial charge in [-0.25, -0.2) is 4.98 Å². The van der Waals surface area contributed by atoms with Crippen molar-refractivity contribution >= 4 is 27.5 Å². The van der Waals surface area contributed by atoms with Crippen molar-refractivity contribution in [1.82, 2.24) is 14.0 Å². The van der Waals surface area contributed by atoms with Crippen molar-refractivity contribution in [1.29, 1.82) is 0 Å². The molecule has 3 aromatic heterocycles. The number of fused-ring (bicyclic) bond motifs is 4. The second-order valence-electron chi connectivity index (χ2n) is 15.0. The van der Waals surface area contributed by atoms with Crippen LogP contribution in [-0.4, -0.2) is 14.0 Å². The van der Waals surface area contributed by atoms with E-state index in [2.05, 4.69) is 190 Å². The number of benzene rings is 5. The first-order valence-electron chi connectivity index (χ1n) is 16.9. The second-order valence-corrected chi connectivity index (χ2v) is 15.0. The highest BCUT2D eigenvalue weighted by molar-refractivity contribution is 6.10. The van der Waals surface area contributed by atoms with Crippen molar-refractivity contribution in [2.24, 2.45) is 0 Å². The summed E-state index contributed by atoms with van der Waals surface area (Å²) < 4.78 is 4.67. The lowest BCUT2D eigenvalue weighted by Gasteiger charge is -2.19. The Hall–Kier alpha value is -5.41. The highest BCUT2D eigenvalue weighted by Gasteiger charge is 2.21. The Kier molecular flexibility index (Phi) is 6.92. The average Bonchev–Trinajstić information content (AvgIpc) is 3.63. The van der Waals surface area contributed by atoms with Crippen LogP contribution >= 0.6 is 0 Å². The van der Waals surface area contributed by atoms with Crippen molar-refractivity contribution in [3.63, 3.8) is 0 Å². The molecule has 0 saturated heterocycles. The van der Waals surface area contributed by atoms with E-state index in [0.29, 0.717) is 0 Å². The number of pyridine rings is 1. The summed E-state index contributed by atoms with van der Waals surface area (Å²) in [4.78, 5) is 5.10. The van der Waals surface area contributed by atoms with Crippen LogP contribution in [0.3, 0.4) is 0 Å². The Labute approximate surface area is 283 Å². The summed E-state index contributed by atoms with van der Waals surface area (Å²) in [6.45, 7) is 13.7. The van der Waals surface area contributed by atoms with E-state index in [-0.39, 0.29) is 10.8 Å². The SMILES string of the molecule is CC(C)(C)c1ccc2c(c1)c1cc(C(C)(C)C)ccc1n2-c1ccc(-c2ccc3nc(-c4ccccc4)c(-c4ccccc4)n3c2)cc1. The number of nitrogens with zero attached hydrogens (tertiary/aromatic N) is 3. The van der Waals surface area contributed by atoms with Crippen LogP contribution in [0.4, 0.5) is 0 Å². The van der Waals surface area contributed by atoms with Gasteiger partial charge in [-0.3, -0.25) is 4.40 Å². The van der Waals surface area contributed by atoms with Crippen LogP contribution in [0.5, 0.6) is 0 Å². The standard InChI is InChI=1S/C45H41N3/c1-44(2,3)34-20-24-39-37(27-34)38-28-35(45(4,5)6)21-25-40(38)48(39)36-22-17-30(18-23-36)33-19-26-41-46-42(31-13-9-7-10-14-31)43(47(41)29-33)32-15-11-8-12-16-32/h7-29H,1-6H3. The number of aromatic nitrogens is 3. The average molecular weight is 624 g/mol. The Morgan fingerprint density at radius 3 is 1.54 bits per heavy atom. The summed E-state index contributed by atoms with van der Waals surface area (Å²) in [5.74, 6) is 0. The minimum Gasteiger partial charge on any atom is -0.309 e. The zero-order chi connectivity index (χ0) is 33.2. The second kappa shape index (κ2) is 11.1. The van der Waals surface area contributed by atoms with Crippen molar-refractivity contribution < 1.29 is 0 Å². The topological polar surface area (TPSA) is 22.2 Å². The van der Waals surface area contributed by atoms with E-state index in [1.54, 1.807) is 0 Å². The summed E-state index contributed by atoms with van der Waals surface area (Å²) in [6, 6.07) is 48.4. The number of imidazole rings is 1. The van der Waals surface area contributed by atoms with E-state index >= 15 is 0 Å². The maximum atomic E-state index is 5.10. The summed E-state index contributed by atoms with van der Waals surface area (Å²) in [5, 5.41) is 2.61. The predicted molar refractivity (Wildman–Crippen MR) is 203 cm³/mol. The fraction of sp³-hybridized carbons (Fsp3) is 0.178. The summed E-state index contributed by atoms with van der Waals surface area (Å²) in [6.07, 6.45) is 2.23. The first-order valence-corrected chi connectivity index (χ1v) is 16.9. The first-order chi connectivity index (χ1) is 23.1. The third kappa shape index (κ3) is 5.11. The molecule has 0 atom stereocenters. The smallest absolute Gasteiger partial charge is 0.137 e. The van der Waals surface area contributed by atoms with E-state index in [9.17, 15) is 0 Å². The molecular weight excluding hydrogens is 583 g/mol. The molecule has 0 aliphatic heterocycles. The quantitative estimate of drug-likeness (QED) is 0.191. The van der Waals surface area contributed by atoms with Crippen molar-refractivity contribution in [2.45, 2.75) is 52.4 Å². The van der Waals surface area contributed by atoms with Gasteiger partial charge < -0.3 is 4.57 Å². The van der Waals surface area contributed by atoms with E-state index in [4.69, 9.17) is 4.98 Å². The van der Waals surface area contributed by atoms with Gasteiger partial charge in [0.1, 0.15) is 5.65 Å². The molecule has 0 saturated carbocycles. The molecule has 0 N–H and O–H groups in total. The maximum Gasteiger partial charge on any atom is 0.137 e. The van der Waals surface area contributed by atoms with Gasteiger partial charge in [0.25, 0.3) is 0 Å². The van der Waals surface area contributed by atoms with Crippen molar-refractivity contribution in [2.75, 3.05) is 0 Å². The highest BCUT2D eigenvalue weighted by atomic mass is 15.0. The van der Waals surface area contributed by atoms with Crippen LogP contribution in [0.2, 0.25) is 0 Å². The molecule has 0 radical (unpaired) electrons. The molecule has 0 amide bonds. The zero-order valence-corrected chi connectivity index (χ0v) is 28.6. The first kappa shape index (κ1) is 30.0. The van der Waals surface area contributed by atoms with Gasteiger partial charge in [-0.2, -0.15) is 0 Å². The minimum atomic E-state index is 0.0739. The van der Waals surface area contributed by atoms with Gasteiger partial charge in [0.15, 0.2) is 0 Å². The van der Waals surface area contributed by atoms with Gasteiger partial charge in [0.2, 0.25) is 0 Å². The van der Waals surface area contributed by atoms with Crippen molar-refractivity contribution in [3.05, 3.63) is 151 Å². The highest BCUT2D eigenvalue weighted by Crippen LogP contribution is 2.38. The Morgan fingerprint density at radius 1 is 0.479 bits per heavy atom. The molecule has 5 aromatic carbocycles. The van der Waals surface area contributed by atoms with E-state index < -0.39 is 0 Å². The Balaban J connectivity index is 1.26. The molecule has 0 spiro atoms. The molecule has 48 heavy (non-hydrogen) atoms. The van der Waals surface area contributed by atoms with Gasteiger partial charge in [0.05, 0.1) is 22.4 Å². The zero-order valence-electron chi connectivity index (χ0n) is 28.6. The maximum absolute atomic E-state index is 5.10. The molecule has 3 heterocycles. The van der Waals surface area contributed by atoms with E-state index in [0.717, 1.165) is 39.4 Å². The summed E-state index contributed by atoms with van der Waals surface area (Å²) in [7, 11) is 0. The number of rotatable bonds is 4. The van der Waals surface area contributed by atoms with Crippen molar-refractivity contribution in [3.8, 4) is 39.3 Å². The lowest BCUT2D eigenvalue weighted by molar-refractivity contribution is 0.590. The fourth-order valence-corrected chi connectivity index (χ4v) is 6.92. The van der Waals surface area contributed by atoms with Gasteiger partial charge in [0, 0.05) is 33.8 Å². The molecule has 0 aliphatic rings. The predicted octanol–water partition coefficient (Wildman–Crippen LogP) is 12.0. The molecule has 0 bridgehead atoms. The third-order valence-corrected chi connectivity index (χ3v) is 9.67. The van der Waals surface area contributed by atoms with Crippen LogP contribution in [-0.2, 0) is 10.8 Å². The largest absolute Gasteiger partial charge is 0.309 e. The molecule has 0 aliphatic carbocycles. The Morgan fingerprint density at radius 2 is 1.00 bits per heavy atom. The van der Waals surface area contributed by atoms with Crippen LogP contribution in [0.15, 0.2) is 140 Å². The van der Waals surface area contributed by atoms with Crippen LogP contribution in [0, 0.1) is 0 Å². The molecule has 236 valence electrons.